The smallest absolute Gasteiger partial charge is 0.416 e. The maximum atomic E-state index is 13.1. The van der Waals surface area contributed by atoms with Crippen LogP contribution in [0, 0.1) is 17.8 Å². The highest BCUT2D eigenvalue weighted by Gasteiger charge is 2.44. The number of esters is 1. The maximum absolute atomic E-state index is 13.1. The Morgan fingerprint density at radius 2 is 1.72 bits per heavy atom. The Labute approximate surface area is 209 Å². The van der Waals surface area contributed by atoms with Gasteiger partial charge in [-0.2, -0.15) is 13.2 Å². The minimum atomic E-state index is -4.39. The topological polar surface area (TPSA) is 57.7 Å². The number of hydrogen-bond donors (Lipinski definition) is 0. The third-order valence-electron chi connectivity index (χ3n) is 6.93. The van der Waals surface area contributed by atoms with Gasteiger partial charge in [0.05, 0.1) is 30.4 Å². The number of aromatic nitrogens is 1. The van der Waals surface area contributed by atoms with Crippen LogP contribution in [0.5, 0.6) is 0 Å². The number of fused-ring (bicyclic) bond motifs is 1. The number of halogens is 3. The van der Waals surface area contributed by atoms with E-state index in [0.717, 1.165) is 37.8 Å². The van der Waals surface area contributed by atoms with Crippen LogP contribution in [0.3, 0.4) is 0 Å². The Morgan fingerprint density at radius 1 is 0.972 bits per heavy atom. The van der Waals surface area contributed by atoms with Gasteiger partial charge in [0.1, 0.15) is 6.10 Å². The molecule has 8 heteroatoms. The molecule has 2 saturated heterocycles. The highest BCUT2D eigenvalue weighted by molar-refractivity contribution is 5.75. The fourth-order valence-electron chi connectivity index (χ4n) is 5.13. The summed E-state index contributed by atoms with van der Waals surface area (Å²) in [6.45, 7) is 4.29. The maximum Gasteiger partial charge on any atom is 0.416 e. The van der Waals surface area contributed by atoms with Gasteiger partial charge >= 0.3 is 12.1 Å². The number of pyridine rings is 1. The van der Waals surface area contributed by atoms with E-state index < -0.39 is 11.7 Å². The number of hydrogen-bond acceptors (Lipinski definition) is 5. The van der Waals surface area contributed by atoms with Crippen LogP contribution in [0.1, 0.15) is 43.9 Å². The van der Waals surface area contributed by atoms with Crippen LogP contribution in [0.15, 0.2) is 48.7 Å². The van der Waals surface area contributed by atoms with Crippen LogP contribution in [-0.4, -0.2) is 43.5 Å². The molecule has 1 unspecified atom stereocenters. The van der Waals surface area contributed by atoms with Crippen molar-refractivity contribution in [3.63, 3.8) is 0 Å². The highest BCUT2D eigenvalue weighted by Crippen LogP contribution is 2.40. The van der Waals surface area contributed by atoms with Crippen LogP contribution < -0.4 is 0 Å². The van der Waals surface area contributed by atoms with Crippen LogP contribution in [0.4, 0.5) is 13.2 Å². The Bertz CT molecular complexity index is 1040. The molecule has 0 bridgehead atoms. The molecule has 1 aromatic carbocycles. The van der Waals surface area contributed by atoms with Crippen molar-refractivity contribution in [2.24, 2.45) is 17.8 Å². The third-order valence-corrected chi connectivity index (χ3v) is 6.93. The average molecular weight is 504 g/mol. The number of carbonyl (C=O) groups is 1. The van der Waals surface area contributed by atoms with Crippen LogP contribution in [0.25, 0.3) is 17.2 Å². The number of cyclic esters (lactones) is 1. The molecule has 0 aliphatic carbocycles. The molecule has 3 heterocycles. The van der Waals surface area contributed by atoms with Gasteiger partial charge in [0.25, 0.3) is 0 Å². The Kier molecular flexibility index (Phi) is 8.80. The molecule has 2 aliphatic heterocycles. The zero-order valence-corrected chi connectivity index (χ0v) is 20.4. The van der Waals surface area contributed by atoms with Gasteiger partial charge in [-0.05, 0) is 68.4 Å². The molecule has 0 radical (unpaired) electrons. The first kappa shape index (κ1) is 26.4. The number of rotatable bonds is 3. The van der Waals surface area contributed by atoms with Crippen molar-refractivity contribution < 1.29 is 32.2 Å². The van der Waals surface area contributed by atoms with E-state index in [1.54, 1.807) is 24.4 Å². The normalized spacial score (nSPS) is 26.5. The van der Waals surface area contributed by atoms with Crippen molar-refractivity contribution in [1.82, 2.24) is 4.98 Å². The van der Waals surface area contributed by atoms with Crippen LogP contribution in [0.2, 0.25) is 0 Å². The average Bonchev–Trinajstić information content (AvgIpc) is 3.15. The monoisotopic (exact) mass is 503 g/mol. The van der Waals surface area contributed by atoms with Crippen molar-refractivity contribution in [3.05, 3.63) is 59.9 Å². The van der Waals surface area contributed by atoms with Gasteiger partial charge in [-0.25, -0.2) is 0 Å². The van der Waals surface area contributed by atoms with Crippen LogP contribution >= 0.6 is 0 Å². The first-order valence-corrected chi connectivity index (χ1v) is 12.5. The summed E-state index contributed by atoms with van der Waals surface area (Å²) in [6.07, 6.45) is 4.25. The fourth-order valence-corrected chi connectivity index (χ4v) is 5.13. The molecule has 0 saturated carbocycles. The molecule has 4 rings (SSSR count). The molecule has 36 heavy (non-hydrogen) atoms. The molecule has 1 aromatic heterocycles. The molecular formula is C28H32F3NO4. The summed E-state index contributed by atoms with van der Waals surface area (Å²) < 4.78 is 56.1. The summed E-state index contributed by atoms with van der Waals surface area (Å²) in [7, 11) is 0. The van der Waals surface area contributed by atoms with Gasteiger partial charge < -0.3 is 14.2 Å². The van der Waals surface area contributed by atoms with E-state index in [1.807, 2.05) is 13.0 Å². The lowest BCUT2D eigenvalue weighted by Crippen LogP contribution is -2.27. The predicted molar refractivity (Wildman–Crippen MR) is 130 cm³/mol. The minimum absolute atomic E-state index is 0.0545. The largest absolute Gasteiger partial charge is 0.462 e. The molecule has 4 atom stereocenters. The van der Waals surface area contributed by atoms with E-state index in [9.17, 15) is 18.0 Å². The quantitative estimate of drug-likeness (QED) is 0.468. The molecule has 194 valence electrons. The Balaban J connectivity index is 1.51. The summed E-state index contributed by atoms with van der Waals surface area (Å²) >= 11 is 0. The predicted octanol–water partition coefficient (Wildman–Crippen LogP) is 6.18. The number of carbonyl (C=O) groups excluding carboxylic acids is 1. The van der Waals surface area contributed by atoms with Gasteiger partial charge in [-0.3, -0.25) is 9.78 Å². The Hall–Kier alpha value is -2.71. The van der Waals surface area contributed by atoms with E-state index in [1.165, 1.54) is 6.07 Å². The number of ether oxygens (including phenoxy) is 3. The third kappa shape index (κ3) is 6.73. The van der Waals surface area contributed by atoms with E-state index >= 15 is 0 Å². The molecule has 0 spiro atoms. The van der Waals surface area contributed by atoms with E-state index in [2.05, 4.69) is 11.1 Å². The Morgan fingerprint density at radius 3 is 2.42 bits per heavy atom. The summed E-state index contributed by atoms with van der Waals surface area (Å²) in [5.74, 6) is -0.151. The second-order valence-corrected chi connectivity index (χ2v) is 9.41. The van der Waals surface area contributed by atoms with Crippen molar-refractivity contribution in [2.45, 2.75) is 44.9 Å². The standard InChI is InChI=1S/C28H32F3NO4/c1-19-26-20(6-3-13-34-15-16-35-14-4-8-25(26)27(33)36-19)9-11-24-12-10-22(18-32-24)21-5-2-7-23(17-21)28(29,30)31/h2,5,7,9-12,17-20,25-26H,3-4,6,8,13-16H2,1H3/b11-9+/t19-,20?,25-,26+/m1/s1. The molecule has 2 aliphatic rings. The second-order valence-electron chi connectivity index (χ2n) is 9.41. The highest BCUT2D eigenvalue weighted by atomic mass is 19.4. The van der Waals surface area contributed by atoms with Crippen LogP contribution in [-0.2, 0) is 25.2 Å². The van der Waals surface area contributed by atoms with Gasteiger partial charge in [0, 0.05) is 30.9 Å². The SMILES string of the molecule is C[C@H]1OC(=O)[C@@H]2CCCOCCOCCCC(/C=C/c3ccc(-c4cccc(C(F)(F)F)c4)cn3)[C@H]12. The minimum Gasteiger partial charge on any atom is -0.462 e. The van der Waals surface area contributed by atoms with Gasteiger partial charge in [0.2, 0.25) is 0 Å². The van der Waals surface area contributed by atoms with Crippen molar-refractivity contribution >= 4 is 12.0 Å². The molecule has 2 aromatic rings. The summed E-state index contributed by atoms with van der Waals surface area (Å²) in [4.78, 5) is 17.0. The number of alkyl halides is 3. The summed E-state index contributed by atoms with van der Waals surface area (Å²) in [6, 6.07) is 8.79. The molecule has 5 nitrogen and oxygen atoms in total. The molecule has 2 fully saturated rings. The van der Waals surface area contributed by atoms with Gasteiger partial charge in [-0.15, -0.1) is 0 Å². The van der Waals surface area contributed by atoms with E-state index in [0.29, 0.717) is 43.2 Å². The molecular weight excluding hydrogens is 471 g/mol. The number of nitrogens with zero attached hydrogens (tertiary/aromatic N) is 1. The van der Waals surface area contributed by atoms with Crippen molar-refractivity contribution in [3.8, 4) is 11.1 Å². The lowest BCUT2D eigenvalue weighted by atomic mass is 9.76. The molecule has 0 amide bonds. The summed E-state index contributed by atoms with van der Waals surface area (Å²) in [5.41, 5.74) is 1.09. The van der Waals surface area contributed by atoms with Crippen molar-refractivity contribution in [2.75, 3.05) is 26.4 Å². The zero-order chi connectivity index (χ0) is 25.5. The van der Waals surface area contributed by atoms with Gasteiger partial charge in [0.15, 0.2) is 0 Å². The van der Waals surface area contributed by atoms with Gasteiger partial charge in [-0.1, -0.05) is 24.3 Å². The number of benzene rings is 1. The fraction of sp³-hybridized carbons (Fsp3) is 0.500. The molecule has 0 N–H and O–H groups in total. The lowest BCUT2D eigenvalue weighted by molar-refractivity contribution is -0.144. The second kappa shape index (κ2) is 12.0. The lowest BCUT2D eigenvalue weighted by Gasteiger charge is -2.26. The van der Waals surface area contributed by atoms with E-state index in [-0.39, 0.29) is 29.8 Å². The zero-order valence-electron chi connectivity index (χ0n) is 20.4. The number of allylic oxidation sites excluding steroid dienone is 1. The first-order chi connectivity index (χ1) is 17.3. The van der Waals surface area contributed by atoms with Crippen molar-refractivity contribution in [1.29, 1.82) is 0 Å². The summed E-state index contributed by atoms with van der Waals surface area (Å²) in [5, 5.41) is 0. The van der Waals surface area contributed by atoms with E-state index in [4.69, 9.17) is 14.2 Å². The first-order valence-electron chi connectivity index (χ1n) is 12.5.